The van der Waals surface area contributed by atoms with Gasteiger partial charge in [0.25, 0.3) is 0 Å². The van der Waals surface area contributed by atoms with Crippen molar-refractivity contribution in [2.45, 2.75) is 19.1 Å². The minimum absolute atomic E-state index is 0. The predicted molar refractivity (Wildman–Crippen MR) is 31.3 cm³/mol. The average Bonchev–Trinajstić information content (AvgIpc) is 0.811. The Kier molecular flexibility index (Phi) is 9.24. The van der Waals surface area contributed by atoms with Gasteiger partial charge in [-0.2, -0.15) is 12.6 Å². The van der Waals surface area contributed by atoms with Crippen molar-refractivity contribution in [2.75, 3.05) is 0 Å². The fourth-order valence-electron chi connectivity index (χ4n) is 0. The summed E-state index contributed by atoms with van der Waals surface area (Å²) in [5.74, 6) is 0. The topological polar surface area (TPSA) is 0 Å². The molecule has 0 aliphatic rings. The molecule has 0 aromatic rings. The predicted octanol–water partition coefficient (Wildman–Crippen LogP) is 0.676. The molecule has 0 aliphatic carbocycles. The molecule has 0 aliphatic heterocycles. The van der Waals surface area contributed by atoms with E-state index in [9.17, 15) is 0 Å². The first-order chi connectivity index (χ1) is 1.73. The van der Waals surface area contributed by atoms with E-state index in [0.29, 0.717) is 5.25 Å². The van der Waals surface area contributed by atoms with E-state index in [-0.39, 0.29) is 18.9 Å². The Morgan fingerprint density at radius 1 is 1.40 bits per heavy atom. The van der Waals surface area contributed by atoms with Gasteiger partial charge in [-0.1, -0.05) is 13.8 Å². The van der Waals surface area contributed by atoms with Crippen LogP contribution in [0.15, 0.2) is 0 Å². The molecule has 0 atom stereocenters. The Bertz CT molecular complexity index is 11.6. The quantitative estimate of drug-likeness (QED) is 0.324. The second-order valence-electron chi connectivity index (χ2n) is 1.09. The van der Waals surface area contributed by atoms with Crippen LogP contribution in [0.3, 0.4) is 0 Å². The normalized spacial score (nSPS) is 7.20. The van der Waals surface area contributed by atoms with E-state index in [1.54, 1.807) is 0 Å². The Morgan fingerprint density at radius 3 is 1.40 bits per heavy atom. The van der Waals surface area contributed by atoms with Gasteiger partial charge in [-0.15, -0.1) is 0 Å². The van der Waals surface area contributed by atoms with E-state index in [1.165, 1.54) is 0 Å². The summed E-state index contributed by atoms with van der Waals surface area (Å²) in [6.45, 7) is 4.06. The zero-order chi connectivity index (χ0) is 3.58. The monoisotopic (exact) mass is 84.1 g/mol. The van der Waals surface area contributed by atoms with E-state index < -0.39 is 0 Å². The fraction of sp³-hybridized carbons (Fsp3) is 1.00. The summed E-state index contributed by atoms with van der Waals surface area (Å²) in [6.07, 6.45) is 0. The summed E-state index contributed by atoms with van der Waals surface area (Å²) < 4.78 is 0. The zero-order valence-corrected chi connectivity index (χ0v) is 3.92. The molecule has 5 heavy (non-hydrogen) atoms. The van der Waals surface area contributed by atoms with Gasteiger partial charge < -0.3 is 0 Å². The van der Waals surface area contributed by atoms with Gasteiger partial charge in [0.1, 0.15) is 0 Å². The molecule has 2 heteroatoms. The summed E-state index contributed by atoms with van der Waals surface area (Å²) in [4.78, 5) is 0. The number of rotatable bonds is 0. The Hall–Kier alpha value is 0.947. The first-order valence-electron chi connectivity index (χ1n) is 1.41. The van der Waals surface area contributed by atoms with Crippen molar-refractivity contribution < 1.29 is 0 Å². The van der Waals surface area contributed by atoms with E-state index in [4.69, 9.17) is 0 Å². The molecule has 28 valence electrons. The van der Waals surface area contributed by atoms with Crippen LogP contribution in [0.5, 0.6) is 0 Å². The van der Waals surface area contributed by atoms with Crippen molar-refractivity contribution in [3.63, 3.8) is 0 Å². The van der Waals surface area contributed by atoms with Crippen LogP contribution in [0, 0.1) is 0 Å². The molecule has 0 aromatic carbocycles. The molecule has 0 saturated heterocycles. The van der Waals surface area contributed by atoms with Gasteiger partial charge in [0.15, 0.2) is 0 Å². The molecule has 0 saturated carbocycles. The van der Waals surface area contributed by atoms with Crippen LogP contribution >= 0.6 is 12.6 Å². The van der Waals surface area contributed by atoms with Crippen LogP contribution in [0.1, 0.15) is 13.8 Å². The second-order valence-corrected chi connectivity index (χ2v) is 2.13. The molecular weight excluding hydrogens is 75.0 g/mol. The molecule has 0 radical (unpaired) electrons. The standard InChI is InChI=1S/C3H8S.Li.H/c1-3(2)4;;/h3-4H,1-2H3;;. The average molecular weight is 84.1 g/mol. The van der Waals surface area contributed by atoms with Gasteiger partial charge in [-0.25, -0.2) is 0 Å². The van der Waals surface area contributed by atoms with Crippen LogP contribution in [0.4, 0.5) is 0 Å². The molecule has 0 aromatic heterocycles. The second kappa shape index (κ2) is 4.95. The van der Waals surface area contributed by atoms with E-state index >= 15 is 0 Å². The van der Waals surface area contributed by atoms with Crippen molar-refractivity contribution in [3.05, 3.63) is 0 Å². The molecular formula is C3H9LiS. The van der Waals surface area contributed by atoms with Crippen LogP contribution in [0.2, 0.25) is 0 Å². The molecule has 0 heterocycles. The fourth-order valence-corrected chi connectivity index (χ4v) is 0. The van der Waals surface area contributed by atoms with Crippen molar-refractivity contribution in [3.8, 4) is 0 Å². The van der Waals surface area contributed by atoms with Gasteiger partial charge in [0.05, 0.1) is 0 Å². The molecule has 0 unspecified atom stereocenters. The number of hydrogen-bond donors (Lipinski definition) is 1. The van der Waals surface area contributed by atoms with Crippen LogP contribution < -0.4 is 0 Å². The van der Waals surface area contributed by atoms with E-state index in [1.807, 2.05) is 13.8 Å². The van der Waals surface area contributed by atoms with Gasteiger partial charge in [-0.3, -0.25) is 0 Å². The van der Waals surface area contributed by atoms with Gasteiger partial charge in [0, 0.05) is 0 Å². The summed E-state index contributed by atoms with van der Waals surface area (Å²) in [5, 5.41) is 0.528. The Labute approximate surface area is 50.9 Å². The van der Waals surface area contributed by atoms with Gasteiger partial charge in [0.2, 0.25) is 0 Å². The first-order valence-corrected chi connectivity index (χ1v) is 1.93. The molecule has 0 spiro atoms. The molecule has 0 bridgehead atoms. The summed E-state index contributed by atoms with van der Waals surface area (Å²) >= 11 is 3.97. The van der Waals surface area contributed by atoms with Crippen molar-refractivity contribution in [1.82, 2.24) is 0 Å². The number of thiol groups is 1. The maximum atomic E-state index is 3.97. The number of hydrogen-bond acceptors (Lipinski definition) is 1. The van der Waals surface area contributed by atoms with Crippen LogP contribution in [-0.4, -0.2) is 24.1 Å². The minimum atomic E-state index is 0. The van der Waals surface area contributed by atoms with Gasteiger partial charge >= 0.3 is 18.9 Å². The zero-order valence-electron chi connectivity index (χ0n) is 3.02. The Balaban J connectivity index is 0. The van der Waals surface area contributed by atoms with Crippen molar-refractivity contribution >= 4 is 31.5 Å². The molecule has 0 fully saturated rings. The SMILES string of the molecule is CC(C)S.[LiH]. The third kappa shape index (κ3) is 47.9. The Morgan fingerprint density at radius 2 is 1.40 bits per heavy atom. The third-order valence-electron chi connectivity index (χ3n) is 0. The summed E-state index contributed by atoms with van der Waals surface area (Å²) in [6, 6.07) is 0. The van der Waals surface area contributed by atoms with E-state index in [0.717, 1.165) is 0 Å². The summed E-state index contributed by atoms with van der Waals surface area (Å²) in [7, 11) is 0. The molecule has 0 nitrogen and oxygen atoms in total. The summed E-state index contributed by atoms with van der Waals surface area (Å²) in [5.41, 5.74) is 0. The molecule has 0 rings (SSSR count). The van der Waals surface area contributed by atoms with E-state index in [2.05, 4.69) is 12.6 Å². The van der Waals surface area contributed by atoms with Crippen LogP contribution in [0.25, 0.3) is 0 Å². The van der Waals surface area contributed by atoms with Gasteiger partial charge in [-0.05, 0) is 5.25 Å². The molecule has 0 amide bonds. The third-order valence-corrected chi connectivity index (χ3v) is 0. The van der Waals surface area contributed by atoms with Crippen molar-refractivity contribution in [1.29, 1.82) is 0 Å². The van der Waals surface area contributed by atoms with Crippen LogP contribution in [-0.2, 0) is 0 Å². The maximum absolute atomic E-state index is 3.97. The first kappa shape index (κ1) is 9.34. The molecule has 0 N–H and O–H groups in total. The van der Waals surface area contributed by atoms with Crippen molar-refractivity contribution in [2.24, 2.45) is 0 Å².